The monoisotopic (exact) mass is 429 g/mol. The molecular formula is C24H32FN3OS. The van der Waals surface area contributed by atoms with Crippen molar-refractivity contribution in [2.75, 3.05) is 19.6 Å². The highest BCUT2D eigenvalue weighted by atomic mass is 32.1. The Bertz CT molecular complexity index is 871. The molecule has 0 saturated carbocycles. The van der Waals surface area contributed by atoms with Gasteiger partial charge < -0.3 is 4.90 Å². The lowest BCUT2D eigenvalue weighted by Crippen LogP contribution is -2.45. The van der Waals surface area contributed by atoms with Gasteiger partial charge in [0.1, 0.15) is 5.82 Å². The molecule has 4 rings (SSSR count). The van der Waals surface area contributed by atoms with E-state index in [1.165, 1.54) is 17.0 Å². The Labute approximate surface area is 183 Å². The number of halogens is 1. The van der Waals surface area contributed by atoms with E-state index in [0.29, 0.717) is 11.8 Å². The van der Waals surface area contributed by atoms with Crippen molar-refractivity contribution in [1.29, 1.82) is 0 Å². The van der Waals surface area contributed by atoms with E-state index in [-0.39, 0.29) is 17.3 Å². The van der Waals surface area contributed by atoms with E-state index in [4.69, 9.17) is 0 Å². The smallest absolute Gasteiger partial charge is 0.229 e. The summed E-state index contributed by atoms with van der Waals surface area (Å²) in [5.41, 5.74) is 3.93. The van der Waals surface area contributed by atoms with Gasteiger partial charge in [0.15, 0.2) is 0 Å². The molecule has 2 saturated heterocycles. The zero-order valence-electron chi connectivity index (χ0n) is 18.2. The summed E-state index contributed by atoms with van der Waals surface area (Å²) in [5, 5.41) is 0. The molecule has 2 aliphatic rings. The fourth-order valence-corrected chi connectivity index (χ4v) is 5.88. The van der Waals surface area contributed by atoms with Crippen LogP contribution in [0.2, 0.25) is 0 Å². The molecule has 0 radical (unpaired) electrons. The SMILES string of the molecule is Cc1ncsc1CN1CCC2(CC1)CC(Cc1ccc(F)cc1)N(CC(C)C)C2=O. The number of aromatic nitrogens is 1. The number of carbonyl (C=O) groups is 1. The van der Waals surface area contributed by atoms with Crippen molar-refractivity contribution >= 4 is 17.2 Å². The van der Waals surface area contributed by atoms with Crippen molar-refractivity contribution in [2.45, 2.75) is 59.0 Å². The van der Waals surface area contributed by atoms with Crippen molar-refractivity contribution in [3.05, 3.63) is 51.7 Å². The van der Waals surface area contributed by atoms with Crippen LogP contribution in [0.5, 0.6) is 0 Å². The second kappa shape index (κ2) is 8.75. The number of hydrogen-bond acceptors (Lipinski definition) is 4. The number of likely N-dealkylation sites (tertiary alicyclic amines) is 2. The van der Waals surface area contributed by atoms with Crippen molar-refractivity contribution in [3.8, 4) is 0 Å². The summed E-state index contributed by atoms with van der Waals surface area (Å²) < 4.78 is 13.3. The van der Waals surface area contributed by atoms with Crippen LogP contribution in [0.3, 0.4) is 0 Å². The number of hydrogen-bond donors (Lipinski definition) is 0. The van der Waals surface area contributed by atoms with Crippen LogP contribution < -0.4 is 0 Å². The second-order valence-electron chi connectivity index (χ2n) is 9.46. The Kier molecular flexibility index (Phi) is 6.26. The molecule has 3 heterocycles. The number of piperidine rings is 1. The Morgan fingerprint density at radius 3 is 2.53 bits per heavy atom. The molecule has 2 aromatic rings. The van der Waals surface area contributed by atoms with Gasteiger partial charge in [0.25, 0.3) is 0 Å². The molecule has 1 aromatic heterocycles. The molecular weight excluding hydrogens is 397 g/mol. The number of carbonyl (C=O) groups excluding carboxylic acids is 1. The number of aryl methyl sites for hydroxylation is 1. The van der Waals surface area contributed by atoms with E-state index in [1.54, 1.807) is 11.3 Å². The van der Waals surface area contributed by atoms with Gasteiger partial charge in [-0.3, -0.25) is 9.69 Å². The van der Waals surface area contributed by atoms with Crippen LogP contribution in [-0.2, 0) is 17.8 Å². The first-order valence-corrected chi connectivity index (χ1v) is 11.9. The summed E-state index contributed by atoms with van der Waals surface area (Å²) in [7, 11) is 0. The van der Waals surface area contributed by atoms with E-state index in [2.05, 4.69) is 35.6 Å². The van der Waals surface area contributed by atoms with Crippen LogP contribution >= 0.6 is 11.3 Å². The molecule has 30 heavy (non-hydrogen) atoms. The minimum absolute atomic E-state index is 0.208. The van der Waals surface area contributed by atoms with Gasteiger partial charge in [-0.25, -0.2) is 9.37 Å². The third kappa shape index (κ3) is 4.45. The summed E-state index contributed by atoms with van der Waals surface area (Å²) in [6, 6.07) is 6.97. The first-order chi connectivity index (χ1) is 14.4. The molecule has 0 bridgehead atoms. The molecule has 2 fully saturated rings. The molecule has 1 amide bonds. The quantitative estimate of drug-likeness (QED) is 0.669. The fraction of sp³-hybridized carbons (Fsp3) is 0.583. The lowest BCUT2D eigenvalue weighted by molar-refractivity contribution is -0.139. The minimum atomic E-state index is -0.223. The molecule has 1 spiro atoms. The second-order valence-corrected chi connectivity index (χ2v) is 10.4. The van der Waals surface area contributed by atoms with E-state index in [0.717, 1.165) is 63.1 Å². The first kappa shape index (κ1) is 21.4. The zero-order valence-corrected chi connectivity index (χ0v) is 19.1. The largest absolute Gasteiger partial charge is 0.339 e. The molecule has 0 aliphatic carbocycles. The van der Waals surface area contributed by atoms with Crippen molar-refractivity contribution in [3.63, 3.8) is 0 Å². The lowest BCUT2D eigenvalue weighted by atomic mass is 9.75. The summed E-state index contributed by atoms with van der Waals surface area (Å²) in [4.78, 5) is 23.9. The normalized spacial score (nSPS) is 21.8. The van der Waals surface area contributed by atoms with Gasteiger partial charge >= 0.3 is 0 Å². The number of nitrogens with zero attached hydrogens (tertiary/aromatic N) is 3. The average Bonchev–Trinajstić information content (AvgIpc) is 3.22. The van der Waals surface area contributed by atoms with Crippen LogP contribution in [0.15, 0.2) is 29.8 Å². The summed E-state index contributed by atoms with van der Waals surface area (Å²) in [5.74, 6) is 0.575. The van der Waals surface area contributed by atoms with Gasteiger partial charge in [-0.05, 0) is 69.3 Å². The molecule has 162 valence electrons. The molecule has 2 aliphatic heterocycles. The predicted molar refractivity (Wildman–Crippen MR) is 119 cm³/mol. The lowest BCUT2D eigenvalue weighted by Gasteiger charge is -2.38. The first-order valence-electron chi connectivity index (χ1n) is 11.0. The van der Waals surface area contributed by atoms with Crippen LogP contribution in [0.25, 0.3) is 0 Å². The number of thiazole rings is 1. The molecule has 1 aromatic carbocycles. The summed E-state index contributed by atoms with van der Waals surface area (Å²) in [6.07, 6.45) is 3.59. The van der Waals surface area contributed by atoms with Gasteiger partial charge in [-0.2, -0.15) is 0 Å². The van der Waals surface area contributed by atoms with E-state index >= 15 is 0 Å². The van der Waals surface area contributed by atoms with Crippen molar-refractivity contribution in [2.24, 2.45) is 11.3 Å². The Hall–Kier alpha value is -1.79. The van der Waals surface area contributed by atoms with Crippen LogP contribution in [0.4, 0.5) is 4.39 Å². The Balaban J connectivity index is 1.46. The Morgan fingerprint density at radius 2 is 1.93 bits per heavy atom. The summed E-state index contributed by atoms with van der Waals surface area (Å²) >= 11 is 1.72. The van der Waals surface area contributed by atoms with Crippen LogP contribution in [-0.4, -0.2) is 46.4 Å². The van der Waals surface area contributed by atoms with E-state index in [9.17, 15) is 9.18 Å². The zero-order chi connectivity index (χ0) is 21.3. The number of amides is 1. The Morgan fingerprint density at radius 1 is 1.23 bits per heavy atom. The van der Waals surface area contributed by atoms with Gasteiger partial charge in [-0.1, -0.05) is 26.0 Å². The molecule has 4 nitrogen and oxygen atoms in total. The van der Waals surface area contributed by atoms with Gasteiger partial charge in [0.2, 0.25) is 5.91 Å². The van der Waals surface area contributed by atoms with Gasteiger partial charge in [-0.15, -0.1) is 11.3 Å². The van der Waals surface area contributed by atoms with Gasteiger partial charge in [0, 0.05) is 24.0 Å². The standard InChI is InChI=1S/C24H32FN3OS/c1-17(2)14-28-21(12-19-4-6-20(25)7-5-19)13-24(23(28)29)8-10-27(11-9-24)15-22-18(3)26-16-30-22/h4-7,16-17,21H,8-15H2,1-3H3. The minimum Gasteiger partial charge on any atom is -0.339 e. The third-order valence-corrected chi connectivity index (χ3v) is 7.67. The maximum absolute atomic E-state index is 13.6. The highest BCUT2D eigenvalue weighted by Crippen LogP contribution is 2.45. The fourth-order valence-electron chi connectivity index (χ4n) is 5.06. The number of rotatable bonds is 6. The highest BCUT2D eigenvalue weighted by molar-refractivity contribution is 7.09. The van der Waals surface area contributed by atoms with E-state index < -0.39 is 0 Å². The summed E-state index contributed by atoms with van der Waals surface area (Å²) in [6.45, 7) is 10.1. The van der Waals surface area contributed by atoms with Gasteiger partial charge in [0.05, 0.1) is 16.6 Å². The maximum atomic E-state index is 13.6. The van der Waals surface area contributed by atoms with Crippen molar-refractivity contribution in [1.82, 2.24) is 14.8 Å². The topological polar surface area (TPSA) is 36.4 Å². The van der Waals surface area contributed by atoms with Crippen LogP contribution in [0, 0.1) is 24.1 Å². The molecule has 1 unspecified atom stereocenters. The number of benzene rings is 1. The molecule has 6 heteroatoms. The molecule has 1 atom stereocenters. The highest BCUT2D eigenvalue weighted by Gasteiger charge is 2.52. The van der Waals surface area contributed by atoms with Crippen molar-refractivity contribution < 1.29 is 9.18 Å². The predicted octanol–water partition coefficient (Wildman–Crippen LogP) is 4.67. The van der Waals surface area contributed by atoms with E-state index in [1.807, 2.05) is 17.6 Å². The average molecular weight is 430 g/mol. The third-order valence-electron chi connectivity index (χ3n) is 6.75. The molecule has 0 N–H and O–H groups in total. The van der Waals surface area contributed by atoms with Crippen LogP contribution in [0.1, 0.15) is 49.2 Å². The maximum Gasteiger partial charge on any atom is 0.229 e.